The fraction of sp³-hybridized carbons (Fsp3) is 0.917. The van der Waals surface area contributed by atoms with Crippen molar-refractivity contribution in [1.82, 2.24) is 5.32 Å². The van der Waals surface area contributed by atoms with Gasteiger partial charge in [-0.05, 0) is 37.1 Å². The third-order valence-electron chi connectivity index (χ3n) is 3.55. The highest BCUT2D eigenvalue weighted by molar-refractivity contribution is 5.76. The molecule has 0 aliphatic heterocycles. The fourth-order valence-corrected chi connectivity index (χ4v) is 2.34. The molecule has 0 aromatic rings. The van der Waals surface area contributed by atoms with Gasteiger partial charge in [0.15, 0.2) is 0 Å². The third kappa shape index (κ3) is 4.10. The molecule has 0 saturated heterocycles. The Morgan fingerprint density at radius 1 is 1.50 bits per heavy atom. The summed E-state index contributed by atoms with van der Waals surface area (Å²) in [5.74, 6) is 1.17. The average molecular weight is 228 g/mol. The van der Waals surface area contributed by atoms with E-state index in [1.165, 1.54) is 6.42 Å². The molecule has 1 aliphatic carbocycles. The van der Waals surface area contributed by atoms with Gasteiger partial charge < -0.3 is 16.2 Å². The van der Waals surface area contributed by atoms with Crippen LogP contribution in [-0.4, -0.2) is 30.7 Å². The Hall–Kier alpha value is -0.610. The number of nitrogens with two attached hydrogens (primary N) is 1. The number of hydrogen-bond acceptors (Lipinski definition) is 3. The zero-order valence-corrected chi connectivity index (χ0v) is 10.1. The summed E-state index contributed by atoms with van der Waals surface area (Å²) in [7, 11) is 0. The molecule has 1 fully saturated rings. The van der Waals surface area contributed by atoms with Gasteiger partial charge in [-0.1, -0.05) is 13.3 Å². The van der Waals surface area contributed by atoms with E-state index in [1.54, 1.807) is 0 Å². The molecule has 0 aromatic carbocycles. The van der Waals surface area contributed by atoms with E-state index in [0.717, 1.165) is 12.8 Å². The van der Waals surface area contributed by atoms with Crippen LogP contribution >= 0.6 is 0 Å². The van der Waals surface area contributed by atoms with Gasteiger partial charge in [0, 0.05) is 19.6 Å². The zero-order valence-electron chi connectivity index (χ0n) is 10.1. The summed E-state index contributed by atoms with van der Waals surface area (Å²) >= 11 is 0. The molecule has 4 N–H and O–H groups in total. The molecule has 1 rings (SSSR count). The number of aliphatic hydroxyl groups is 1. The van der Waals surface area contributed by atoms with Crippen molar-refractivity contribution in [3.05, 3.63) is 0 Å². The van der Waals surface area contributed by atoms with Gasteiger partial charge in [-0.15, -0.1) is 0 Å². The predicted octanol–water partition coefficient (Wildman–Crippen LogP) is 0.496. The monoisotopic (exact) mass is 228 g/mol. The number of amides is 1. The third-order valence-corrected chi connectivity index (χ3v) is 3.55. The molecular formula is C12H24N2O2. The van der Waals surface area contributed by atoms with E-state index in [-0.39, 0.29) is 18.4 Å². The van der Waals surface area contributed by atoms with Gasteiger partial charge in [0.1, 0.15) is 0 Å². The number of aliphatic hydroxyl groups excluding tert-OH is 1. The number of nitrogens with one attached hydrogen (secondary N) is 1. The minimum Gasteiger partial charge on any atom is -0.396 e. The normalized spacial score (nSPS) is 26.7. The van der Waals surface area contributed by atoms with Crippen LogP contribution in [0, 0.1) is 17.8 Å². The standard InChI is InChI=1S/C12H24N2O2/c1-9(6-13)5-12(16)14-7-10-3-2-4-11(10)8-15/h9-11,15H,2-8,13H2,1H3,(H,14,16). The first kappa shape index (κ1) is 13.5. The van der Waals surface area contributed by atoms with Crippen LogP contribution in [-0.2, 0) is 4.79 Å². The summed E-state index contributed by atoms with van der Waals surface area (Å²) in [5, 5.41) is 12.1. The Labute approximate surface area is 97.6 Å². The lowest BCUT2D eigenvalue weighted by molar-refractivity contribution is -0.122. The lowest BCUT2D eigenvalue weighted by atomic mass is 9.97. The highest BCUT2D eigenvalue weighted by atomic mass is 16.3. The molecule has 0 heterocycles. The molecule has 94 valence electrons. The molecule has 0 bridgehead atoms. The minimum atomic E-state index is 0.0848. The van der Waals surface area contributed by atoms with Crippen molar-refractivity contribution in [1.29, 1.82) is 0 Å². The molecule has 16 heavy (non-hydrogen) atoms. The maximum atomic E-state index is 11.5. The van der Waals surface area contributed by atoms with Crippen molar-refractivity contribution in [2.75, 3.05) is 19.7 Å². The van der Waals surface area contributed by atoms with Crippen LogP contribution in [0.15, 0.2) is 0 Å². The van der Waals surface area contributed by atoms with Gasteiger partial charge in [-0.2, -0.15) is 0 Å². The lowest BCUT2D eigenvalue weighted by Crippen LogP contribution is -2.33. The second kappa shape index (κ2) is 6.86. The molecule has 3 unspecified atom stereocenters. The van der Waals surface area contributed by atoms with Crippen LogP contribution in [0.3, 0.4) is 0 Å². The van der Waals surface area contributed by atoms with E-state index >= 15 is 0 Å². The molecule has 0 radical (unpaired) electrons. The molecule has 4 nitrogen and oxygen atoms in total. The van der Waals surface area contributed by atoms with Crippen molar-refractivity contribution in [3.8, 4) is 0 Å². The van der Waals surface area contributed by atoms with E-state index in [0.29, 0.717) is 31.3 Å². The summed E-state index contributed by atoms with van der Waals surface area (Å²) in [4.78, 5) is 11.5. The van der Waals surface area contributed by atoms with Crippen LogP contribution in [0.2, 0.25) is 0 Å². The number of rotatable bonds is 6. The van der Waals surface area contributed by atoms with E-state index in [1.807, 2.05) is 6.92 Å². The fourth-order valence-electron chi connectivity index (χ4n) is 2.34. The summed E-state index contributed by atoms with van der Waals surface area (Å²) in [6, 6.07) is 0. The molecule has 0 spiro atoms. The summed E-state index contributed by atoms with van der Waals surface area (Å²) in [6.07, 6.45) is 3.90. The Bertz CT molecular complexity index is 221. The quantitative estimate of drug-likeness (QED) is 0.619. The highest BCUT2D eigenvalue weighted by Crippen LogP contribution is 2.30. The molecule has 4 heteroatoms. The first-order chi connectivity index (χ1) is 7.67. The minimum absolute atomic E-state index is 0.0848. The SMILES string of the molecule is CC(CN)CC(=O)NCC1CCCC1CO. The van der Waals surface area contributed by atoms with Crippen LogP contribution in [0.1, 0.15) is 32.6 Å². The van der Waals surface area contributed by atoms with Crippen molar-refractivity contribution in [2.24, 2.45) is 23.5 Å². The van der Waals surface area contributed by atoms with Gasteiger partial charge in [-0.25, -0.2) is 0 Å². The zero-order chi connectivity index (χ0) is 12.0. The predicted molar refractivity (Wildman–Crippen MR) is 63.8 cm³/mol. The van der Waals surface area contributed by atoms with Crippen LogP contribution in [0.25, 0.3) is 0 Å². The molecule has 0 aromatic heterocycles. The van der Waals surface area contributed by atoms with E-state index in [2.05, 4.69) is 5.32 Å². The molecule has 3 atom stereocenters. The summed E-state index contributed by atoms with van der Waals surface area (Å²) in [5.41, 5.74) is 5.47. The first-order valence-corrected chi connectivity index (χ1v) is 6.25. The Kier molecular flexibility index (Phi) is 5.77. The number of carbonyl (C=O) groups excluding carboxylic acids is 1. The lowest BCUT2D eigenvalue weighted by Gasteiger charge is -2.18. The molecule has 1 aliphatic rings. The van der Waals surface area contributed by atoms with Crippen molar-refractivity contribution < 1.29 is 9.90 Å². The van der Waals surface area contributed by atoms with Gasteiger partial charge in [0.25, 0.3) is 0 Å². The van der Waals surface area contributed by atoms with Crippen molar-refractivity contribution in [3.63, 3.8) is 0 Å². The van der Waals surface area contributed by atoms with Gasteiger partial charge in [-0.3, -0.25) is 4.79 Å². The Balaban J connectivity index is 2.20. The van der Waals surface area contributed by atoms with E-state index in [4.69, 9.17) is 10.8 Å². The maximum Gasteiger partial charge on any atom is 0.220 e. The largest absolute Gasteiger partial charge is 0.396 e. The van der Waals surface area contributed by atoms with Crippen LogP contribution < -0.4 is 11.1 Å². The molecular weight excluding hydrogens is 204 g/mol. The van der Waals surface area contributed by atoms with E-state index < -0.39 is 0 Å². The van der Waals surface area contributed by atoms with Crippen molar-refractivity contribution >= 4 is 5.91 Å². The van der Waals surface area contributed by atoms with Gasteiger partial charge in [0.05, 0.1) is 0 Å². The summed E-state index contributed by atoms with van der Waals surface area (Å²) < 4.78 is 0. The number of carbonyl (C=O) groups is 1. The smallest absolute Gasteiger partial charge is 0.220 e. The maximum absolute atomic E-state index is 11.5. The topological polar surface area (TPSA) is 75.4 Å². The van der Waals surface area contributed by atoms with Crippen molar-refractivity contribution in [2.45, 2.75) is 32.6 Å². The van der Waals surface area contributed by atoms with Gasteiger partial charge in [0.2, 0.25) is 5.91 Å². The van der Waals surface area contributed by atoms with E-state index in [9.17, 15) is 4.79 Å². The van der Waals surface area contributed by atoms with Crippen LogP contribution in [0.5, 0.6) is 0 Å². The first-order valence-electron chi connectivity index (χ1n) is 6.25. The number of hydrogen-bond donors (Lipinski definition) is 3. The Morgan fingerprint density at radius 2 is 2.19 bits per heavy atom. The van der Waals surface area contributed by atoms with Crippen LogP contribution in [0.4, 0.5) is 0 Å². The summed E-state index contributed by atoms with van der Waals surface area (Å²) in [6.45, 7) is 3.49. The molecule has 1 amide bonds. The average Bonchev–Trinajstić information content (AvgIpc) is 2.73. The molecule has 1 saturated carbocycles. The second-order valence-electron chi connectivity index (χ2n) is 4.98. The second-order valence-corrected chi connectivity index (χ2v) is 4.98. The Morgan fingerprint density at radius 3 is 2.81 bits per heavy atom. The van der Waals surface area contributed by atoms with Gasteiger partial charge >= 0.3 is 0 Å². The highest BCUT2D eigenvalue weighted by Gasteiger charge is 2.26.